The van der Waals surface area contributed by atoms with E-state index in [0.717, 1.165) is 29.4 Å². The van der Waals surface area contributed by atoms with Gasteiger partial charge in [-0.25, -0.2) is 9.10 Å². The van der Waals surface area contributed by atoms with Crippen LogP contribution in [-0.4, -0.2) is 12.6 Å². The summed E-state index contributed by atoms with van der Waals surface area (Å²) in [5, 5.41) is 3.41. The Bertz CT molecular complexity index is 730. The predicted octanol–water partition coefficient (Wildman–Crippen LogP) is 3.81. The number of fused-ring (bicyclic) bond motifs is 3. The maximum Gasteiger partial charge on any atom is 0.329 e. The minimum atomic E-state index is -0.579. The van der Waals surface area contributed by atoms with Gasteiger partial charge in [-0.05, 0) is 59.4 Å². The number of nitrogens with two attached hydrogens (primary N) is 1. The molecule has 0 fully saturated rings. The number of nitrogens with zero attached hydrogens (tertiary/aromatic N) is 1. The quantitative estimate of drug-likeness (QED) is 0.642. The Morgan fingerprint density at radius 2 is 1.91 bits per heavy atom. The molecule has 0 unspecified atom stereocenters. The van der Waals surface area contributed by atoms with Crippen molar-refractivity contribution in [2.45, 2.75) is 19.8 Å². The third-order valence-corrected chi connectivity index (χ3v) is 4.33. The number of carbonyl (C=O) groups is 1. The molecule has 4 nitrogen and oxygen atoms in total. The lowest BCUT2D eigenvalue weighted by Gasteiger charge is -2.13. The Morgan fingerprint density at radius 1 is 1.23 bits per heavy atom. The number of hydrogen-bond acceptors (Lipinski definition) is 3. The number of benzene rings is 2. The van der Waals surface area contributed by atoms with Crippen LogP contribution >= 0.6 is 12.8 Å². The molecule has 0 saturated carbocycles. The van der Waals surface area contributed by atoms with Crippen LogP contribution in [0.3, 0.4) is 0 Å². The number of amides is 2. The maximum atomic E-state index is 11.2. The van der Waals surface area contributed by atoms with Gasteiger partial charge in [0.05, 0.1) is 5.69 Å². The molecule has 114 valence electrons. The van der Waals surface area contributed by atoms with Crippen molar-refractivity contribution in [3.8, 4) is 11.1 Å². The predicted molar refractivity (Wildman–Crippen MR) is 94.5 cm³/mol. The first-order chi connectivity index (χ1) is 10.6. The average molecular weight is 313 g/mol. The Morgan fingerprint density at radius 3 is 2.59 bits per heavy atom. The van der Waals surface area contributed by atoms with Gasteiger partial charge in [0.15, 0.2) is 0 Å². The number of hydrogen-bond donors (Lipinski definition) is 3. The molecule has 0 aliphatic heterocycles. The number of thiol groups is 1. The van der Waals surface area contributed by atoms with Gasteiger partial charge in [0.25, 0.3) is 0 Å². The molecular weight excluding hydrogens is 294 g/mol. The molecule has 0 spiro atoms. The van der Waals surface area contributed by atoms with E-state index in [1.165, 1.54) is 22.3 Å². The van der Waals surface area contributed by atoms with Crippen molar-refractivity contribution < 1.29 is 4.79 Å². The molecule has 2 aromatic carbocycles. The third-order valence-electron chi connectivity index (χ3n) is 3.90. The summed E-state index contributed by atoms with van der Waals surface area (Å²) >= 11 is 4.12. The molecule has 0 aromatic heterocycles. The molecule has 1 aliphatic rings. The minimum absolute atomic E-state index is 0.579. The number of carbonyl (C=O) groups excluding carboxylic acids is 1. The Balaban J connectivity index is 1.91. The van der Waals surface area contributed by atoms with Crippen LogP contribution in [-0.2, 0) is 6.42 Å². The van der Waals surface area contributed by atoms with E-state index in [1.807, 2.05) is 18.2 Å². The van der Waals surface area contributed by atoms with Gasteiger partial charge < -0.3 is 11.1 Å². The second-order valence-electron chi connectivity index (χ2n) is 5.47. The number of anilines is 2. The monoisotopic (exact) mass is 313 g/mol. The lowest BCUT2D eigenvalue weighted by molar-refractivity contribution is 0.257. The number of nitrogens with one attached hydrogen (secondary N) is 1. The van der Waals surface area contributed by atoms with E-state index in [4.69, 9.17) is 5.73 Å². The van der Waals surface area contributed by atoms with Crippen molar-refractivity contribution in [2.75, 3.05) is 16.2 Å². The lowest BCUT2D eigenvalue weighted by atomic mass is 10.0. The van der Waals surface area contributed by atoms with Crippen LogP contribution in [0.5, 0.6) is 0 Å². The molecule has 0 heterocycles. The van der Waals surface area contributed by atoms with Crippen LogP contribution in [0.2, 0.25) is 0 Å². The highest BCUT2D eigenvalue weighted by Crippen LogP contribution is 2.39. The highest BCUT2D eigenvalue weighted by molar-refractivity contribution is 7.82. The van der Waals surface area contributed by atoms with Gasteiger partial charge in [-0.15, -0.1) is 0 Å². The van der Waals surface area contributed by atoms with Gasteiger partial charge in [0.1, 0.15) is 0 Å². The zero-order chi connectivity index (χ0) is 15.7. The summed E-state index contributed by atoms with van der Waals surface area (Å²) in [6.45, 7) is 3.13. The van der Waals surface area contributed by atoms with E-state index >= 15 is 0 Å². The molecule has 1 aliphatic carbocycles. The van der Waals surface area contributed by atoms with E-state index in [9.17, 15) is 4.79 Å². The molecule has 0 bridgehead atoms. The molecule has 5 heteroatoms. The average Bonchev–Trinajstić information content (AvgIpc) is 2.88. The zero-order valence-electron chi connectivity index (χ0n) is 12.5. The Kier molecular flexibility index (Phi) is 3.98. The highest BCUT2D eigenvalue weighted by atomic mass is 32.1. The number of urea groups is 1. The summed E-state index contributed by atoms with van der Waals surface area (Å²) in [6, 6.07) is 11.8. The fourth-order valence-electron chi connectivity index (χ4n) is 2.84. The van der Waals surface area contributed by atoms with Crippen molar-refractivity contribution in [1.29, 1.82) is 0 Å². The van der Waals surface area contributed by atoms with Crippen molar-refractivity contribution in [2.24, 2.45) is 5.73 Å². The fraction of sp³-hybridized carbons (Fsp3) is 0.235. The SMILES string of the molecule is CCCNc1ccc2c(c1)Cc1cc(N(S)C(N)=O)ccc1-2. The van der Waals surface area contributed by atoms with Crippen molar-refractivity contribution in [3.63, 3.8) is 0 Å². The van der Waals surface area contributed by atoms with E-state index in [-0.39, 0.29) is 0 Å². The summed E-state index contributed by atoms with van der Waals surface area (Å²) in [4.78, 5) is 11.2. The number of primary amides is 1. The highest BCUT2D eigenvalue weighted by Gasteiger charge is 2.20. The fourth-order valence-corrected chi connectivity index (χ4v) is 2.96. The summed E-state index contributed by atoms with van der Waals surface area (Å²) in [6.07, 6.45) is 1.96. The lowest BCUT2D eigenvalue weighted by Crippen LogP contribution is -2.27. The van der Waals surface area contributed by atoms with Crippen molar-refractivity contribution in [1.82, 2.24) is 0 Å². The second kappa shape index (κ2) is 5.93. The Hall–Kier alpha value is -2.14. The molecule has 2 aromatic rings. The van der Waals surface area contributed by atoms with E-state index < -0.39 is 6.03 Å². The smallest absolute Gasteiger partial charge is 0.329 e. The first-order valence-electron chi connectivity index (χ1n) is 7.38. The molecule has 0 radical (unpaired) electrons. The molecule has 22 heavy (non-hydrogen) atoms. The van der Waals surface area contributed by atoms with Crippen LogP contribution in [0, 0.1) is 0 Å². The van der Waals surface area contributed by atoms with Gasteiger partial charge in [0.2, 0.25) is 0 Å². The first kappa shape index (κ1) is 14.8. The molecule has 3 N–H and O–H groups in total. The van der Waals surface area contributed by atoms with E-state index in [2.05, 4.69) is 43.3 Å². The van der Waals surface area contributed by atoms with Gasteiger partial charge in [-0.3, -0.25) is 0 Å². The maximum absolute atomic E-state index is 11.2. The topological polar surface area (TPSA) is 58.4 Å². The van der Waals surface area contributed by atoms with Gasteiger partial charge in [-0.2, -0.15) is 0 Å². The van der Waals surface area contributed by atoms with Crippen LogP contribution in [0.1, 0.15) is 24.5 Å². The molecule has 0 saturated heterocycles. The summed E-state index contributed by atoms with van der Waals surface area (Å²) in [7, 11) is 0. The normalized spacial score (nSPS) is 11.7. The second-order valence-corrected chi connectivity index (χ2v) is 5.87. The van der Waals surface area contributed by atoms with Crippen molar-refractivity contribution >= 4 is 30.2 Å². The van der Waals surface area contributed by atoms with Crippen LogP contribution < -0.4 is 15.4 Å². The molecule has 2 amide bonds. The van der Waals surface area contributed by atoms with Gasteiger partial charge in [-0.1, -0.05) is 31.9 Å². The standard InChI is InChI=1S/C17H19N3OS/c1-2-7-19-13-3-5-15-11(9-13)8-12-10-14(4-6-16(12)15)20(22)17(18)21/h3-6,9-10,19,22H,2,7-8H2,1H3,(H2,18,21). The van der Waals surface area contributed by atoms with E-state index in [0.29, 0.717) is 5.69 Å². The summed E-state index contributed by atoms with van der Waals surface area (Å²) < 4.78 is 1.16. The molecule has 0 atom stereocenters. The Labute approximate surface area is 135 Å². The summed E-state index contributed by atoms with van der Waals surface area (Å²) in [5.41, 5.74) is 12.1. The molecule has 3 rings (SSSR count). The number of rotatable bonds is 4. The van der Waals surface area contributed by atoms with Crippen LogP contribution in [0.15, 0.2) is 36.4 Å². The largest absolute Gasteiger partial charge is 0.385 e. The van der Waals surface area contributed by atoms with Crippen molar-refractivity contribution in [3.05, 3.63) is 47.5 Å². The first-order valence-corrected chi connectivity index (χ1v) is 7.78. The minimum Gasteiger partial charge on any atom is -0.385 e. The third kappa shape index (κ3) is 2.64. The van der Waals surface area contributed by atoms with Crippen LogP contribution in [0.25, 0.3) is 11.1 Å². The van der Waals surface area contributed by atoms with E-state index in [1.54, 1.807) is 0 Å². The van der Waals surface area contributed by atoms with Gasteiger partial charge in [0, 0.05) is 12.2 Å². The molecular formula is C17H19N3OS. The van der Waals surface area contributed by atoms with Gasteiger partial charge >= 0.3 is 6.03 Å². The van der Waals surface area contributed by atoms with Crippen LogP contribution in [0.4, 0.5) is 16.2 Å². The summed E-state index contributed by atoms with van der Waals surface area (Å²) in [5.74, 6) is 0. The zero-order valence-corrected chi connectivity index (χ0v) is 13.4.